The van der Waals surface area contributed by atoms with E-state index in [0.717, 1.165) is 4.31 Å². The summed E-state index contributed by atoms with van der Waals surface area (Å²) in [7, 11) is -3.84. The van der Waals surface area contributed by atoms with Crippen molar-refractivity contribution in [2.24, 2.45) is 5.92 Å². The third-order valence-electron chi connectivity index (χ3n) is 2.70. The van der Waals surface area contributed by atoms with Gasteiger partial charge in [-0.2, -0.15) is 0 Å². The van der Waals surface area contributed by atoms with Crippen LogP contribution in [0, 0.1) is 5.92 Å². The molecule has 0 aromatic rings. The largest absolute Gasteiger partial charge is 0.480 e. The molecule has 0 amide bonds. The maximum atomic E-state index is 11.7. The SMILES string of the molecule is CCOC(=O)C1CCCN(S(=O)(=O)CC(=O)O)C1. The molecule has 1 aliphatic heterocycles. The van der Waals surface area contributed by atoms with Gasteiger partial charge in [0.25, 0.3) is 0 Å². The normalized spacial score (nSPS) is 21.5. The molecule has 0 saturated carbocycles. The molecule has 8 heteroatoms. The number of hydrogen-bond acceptors (Lipinski definition) is 5. The lowest BCUT2D eigenvalue weighted by Crippen LogP contribution is -2.44. The summed E-state index contributed by atoms with van der Waals surface area (Å²) < 4.78 is 29.3. The fourth-order valence-corrected chi connectivity index (χ4v) is 3.20. The number of carboxylic acids is 1. The summed E-state index contributed by atoms with van der Waals surface area (Å²) in [5, 5.41) is 8.54. The van der Waals surface area contributed by atoms with E-state index in [1.165, 1.54) is 0 Å². The van der Waals surface area contributed by atoms with Crippen LogP contribution in [0.2, 0.25) is 0 Å². The molecular formula is C10H17NO6S. The van der Waals surface area contributed by atoms with Crippen molar-refractivity contribution in [2.75, 3.05) is 25.4 Å². The summed E-state index contributed by atoms with van der Waals surface area (Å²) in [6.07, 6.45) is 1.10. The van der Waals surface area contributed by atoms with Gasteiger partial charge in [-0.25, -0.2) is 12.7 Å². The molecule has 1 saturated heterocycles. The molecule has 7 nitrogen and oxygen atoms in total. The molecule has 1 N–H and O–H groups in total. The summed E-state index contributed by atoms with van der Waals surface area (Å²) in [5.74, 6) is -3.26. The van der Waals surface area contributed by atoms with E-state index in [0.29, 0.717) is 12.8 Å². The molecule has 1 rings (SSSR count). The van der Waals surface area contributed by atoms with Crippen molar-refractivity contribution in [3.63, 3.8) is 0 Å². The second-order valence-electron chi connectivity index (χ2n) is 4.10. The second-order valence-corrected chi connectivity index (χ2v) is 6.07. The van der Waals surface area contributed by atoms with E-state index in [4.69, 9.17) is 9.84 Å². The van der Waals surface area contributed by atoms with Gasteiger partial charge in [0.1, 0.15) is 0 Å². The molecule has 0 aliphatic carbocycles. The summed E-state index contributed by atoms with van der Waals surface area (Å²) >= 11 is 0. The van der Waals surface area contributed by atoms with E-state index in [1.54, 1.807) is 6.92 Å². The van der Waals surface area contributed by atoms with Crippen molar-refractivity contribution in [2.45, 2.75) is 19.8 Å². The molecule has 0 aromatic carbocycles. The van der Waals surface area contributed by atoms with Gasteiger partial charge in [0.05, 0.1) is 12.5 Å². The zero-order valence-electron chi connectivity index (χ0n) is 10.2. The molecule has 0 radical (unpaired) electrons. The molecule has 0 bridgehead atoms. The summed E-state index contributed by atoms with van der Waals surface area (Å²) in [5.41, 5.74) is 0. The zero-order valence-corrected chi connectivity index (χ0v) is 11.0. The third kappa shape index (κ3) is 3.95. The number of carboxylic acid groups (broad SMARTS) is 1. The van der Waals surface area contributed by atoms with Crippen molar-refractivity contribution in [3.05, 3.63) is 0 Å². The predicted octanol–water partition coefficient (Wildman–Crippen LogP) is -0.324. The number of ether oxygens (including phenoxy) is 1. The van der Waals surface area contributed by atoms with Gasteiger partial charge in [0, 0.05) is 13.1 Å². The molecule has 18 heavy (non-hydrogen) atoms. The molecule has 1 atom stereocenters. The van der Waals surface area contributed by atoms with E-state index < -0.39 is 33.6 Å². The smallest absolute Gasteiger partial charge is 0.320 e. The van der Waals surface area contributed by atoms with Crippen LogP contribution in [0.1, 0.15) is 19.8 Å². The Hall–Kier alpha value is -1.15. The number of nitrogens with zero attached hydrogens (tertiary/aromatic N) is 1. The van der Waals surface area contributed by atoms with Crippen molar-refractivity contribution in [1.82, 2.24) is 4.31 Å². The number of sulfonamides is 1. The van der Waals surface area contributed by atoms with Crippen molar-refractivity contribution < 1.29 is 27.9 Å². The van der Waals surface area contributed by atoms with Crippen LogP contribution in [-0.2, 0) is 24.3 Å². The van der Waals surface area contributed by atoms with Gasteiger partial charge < -0.3 is 9.84 Å². The Bertz CT molecular complexity index is 418. The highest BCUT2D eigenvalue weighted by molar-refractivity contribution is 7.89. The van der Waals surface area contributed by atoms with Gasteiger partial charge in [-0.1, -0.05) is 0 Å². The number of rotatable bonds is 5. The topological polar surface area (TPSA) is 101 Å². The van der Waals surface area contributed by atoms with Crippen LogP contribution < -0.4 is 0 Å². The predicted molar refractivity (Wildman–Crippen MR) is 62.4 cm³/mol. The lowest BCUT2D eigenvalue weighted by Gasteiger charge is -2.30. The van der Waals surface area contributed by atoms with E-state index in [9.17, 15) is 18.0 Å². The standard InChI is InChI=1S/C10H17NO6S/c1-2-17-10(14)8-4-3-5-11(6-8)18(15,16)7-9(12)13/h8H,2-7H2,1H3,(H,12,13). The lowest BCUT2D eigenvalue weighted by atomic mass is 10.0. The van der Waals surface area contributed by atoms with Crippen LogP contribution in [0.3, 0.4) is 0 Å². The Morgan fingerprint density at radius 3 is 2.67 bits per heavy atom. The van der Waals surface area contributed by atoms with Gasteiger partial charge >= 0.3 is 11.9 Å². The van der Waals surface area contributed by atoms with Gasteiger partial charge in [0.2, 0.25) is 10.0 Å². The highest BCUT2D eigenvalue weighted by Gasteiger charge is 2.34. The summed E-state index contributed by atoms with van der Waals surface area (Å²) in [6, 6.07) is 0. The number of piperidine rings is 1. The van der Waals surface area contributed by atoms with Crippen LogP contribution in [0.4, 0.5) is 0 Å². The number of carbonyl (C=O) groups is 2. The third-order valence-corrected chi connectivity index (χ3v) is 4.43. The van der Waals surface area contributed by atoms with Gasteiger partial charge in [-0.3, -0.25) is 9.59 Å². The molecular weight excluding hydrogens is 262 g/mol. The number of aliphatic carboxylic acids is 1. The van der Waals surface area contributed by atoms with E-state index in [1.807, 2.05) is 0 Å². The van der Waals surface area contributed by atoms with E-state index in [2.05, 4.69) is 0 Å². The van der Waals surface area contributed by atoms with E-state index in [-0.39, 0.29) is 19.7 Å². The first kappa shape index (κ1) is 14.9. The van der Waals surface area contributed by atoms with Crippen LogP contribution in [0.25, 0.3) is 0 Å². The Morgan fingerprint density at radius 1 is 1.44 bits per heavy atom. The zero-order chi connectivity index (χ0) is 13.8. The lowest BCUT2D eigenvalue weighted by molar-refractivity contribution is -0.149. The van der Waals surface area contributed by atoms with E-state index >= 15 is 0 Å². The molecule has 1 unspecified atom stereocenters. The first-order chi connectivity index (χ1) is 8.36. The van der Waals surface area contributed by atoms with Gasteiger partial charge in [-0.05, 0) is 19.8 Å². The minimum absolute atomic E-state index is 0.00838. The van der Waals surface area contributed by atoms with Crippen molar-refractivity contribution in [1.29, 1.82) is 0 Å². The van der Waals surface area contributed by atoms with Crippen LogP contribution in [0.5, 0.6) is 0 Å². The van der Waals surface area contributed by atoms with Crippen LogP contribution in [-0.4, -0.2) is 55.2 Å². The highest BCUT2D eigenvalue weighted by atomic mass is 32.2. The first-order valence-corrected chi connectivity index (χ1v) is 7.34. The molecule has 1 fully saturated rings. The Balaban J connectivity index is 2.69. The first-order valence-electron chi connectivity index (χ1n) is 5.73. The Kier molecular flexibility index (Phi) is 5.09. The highest BCUT2D eigenvalue weighted by Crippen LogP contribution is 2.20. The van der Waals surface area contributed by atoms with Gasteiger partial charge in [-0.15, -0.1) is 0 Å². The Labute approximate surface area is 106 Å². The molecule has 1 aliphatic rings. The van der Waals surface area contributed by atoms with Crippen LogP contribution in [0.15, 0.2) is 0 Å². The average molecular weight is 279 g/mol. The van der Waals surface area contributed by atoms with Gasteiger partial charge in [0.15, 0.2) is 5.75 Å². The fourth-order valence-electron chi connectivity index (χ4n) is 1.89. The number of esters is 1. The average Bonchev–Trinajstić information content (AvgIpc) is 2.28. The summed E-state index contributed by atoms with van der Waals surface area (Å²) in [6.45, 7) is 2.19. The molecule has 104 valence electrons. The minimum atomic E-state index is -3.84. The maximum absolute atomic E-state index is 11.7. The number of carbonyl (C=O) groups excluding carboxylic acids is 1. The maximum Gasteiger partial charge on any atom is 0.320 e. The Morgan fingerprint density at radius 2 is 2.11 bits per heavy atom. The molecule has 0 aromatic heterocycles. The monoisotopic (exact) mass is 279 g/mol. The number of hydrogen-bond donors (Lipinski definition) is 1. The molecule has 1 heterocycles. The van der Waals surface area contributed by atoms with Crippen molar-refractivity contribution in [3.8, 4) is 0 Å². The molecule has 0 spiro atoms. The minimum Gasteiger partial charge on any atom is -0.480 e. The van der Waals surface area contributed by atoms with Crippen LogP contribution >= 0.6 is 0 Å². The fraction of sp³-hybridized carbons (Fsp3) is 0.800. The van der Waals surface area contributed by atoms with Crippen molar-refractivity contribution >= 4 is 22.0 Å². The second kappa shape index (κ2) is 6.14. The quantitative estimate of drug-likeness (QED) is 0.692. The summed E-state index contributed by atoms with van der Waals surface area (Å²) in [4.78, 5) is 22.0.